The van der Waals surface area contributed by atoms with Crippen molar-refractivity contribution in [1.29, 1.82) is 0 Å². The number of hydrogen-bond donors (Lipinski definition) is 1. The smallest absolute Gasteiger partial charge is 0.244 e. The van der Waals surface area contributed by atoms with E-state index in [1.54, 1.807) is 19.1 Å². The van der Waals surface area contributed by atoms with Crippen molar-refractivity contribution in [1.82, 2.24) is 20.1 Å². The van der Waals surface area contributed by atoms with Crippen molar-refractivity contribution < 1.29 is 13.9 Å². The molecule has 1 aromatic heterocycles. The Bertz CT molecular complexity index is 559. The largest absolute Gasteiger partial charge is 0.492 e. The van der Waals surface area contributed by atoms with Crippen LogP contribution in [0.25, 0.3) is 0 Å². The number of amides is 1. The molecule has 0 aliphatic rings. The van der Waals surface area contributed by atoms with Crippen LogP contribution >= 0.6 is 0 Å². The number of rotatable bonds is 6. The molecular weight excluding hydrogens is 263 g/mol. The molecule has 2 aromatic rings. The highest BCUT2D eigenvalue weighted by Crippen LogP contribution is 2.11. The molecular formula is C13H15FN4O2. The predicted octanol–water partition coefficient (Wildman–Crippen LogP) is 1.17. The average molecular weight is 278 g/mol. The van der Waals surface area contributed by atoms with E-state index in [0.29, 0.717) is 12.3 Å². The first-order valence-corrected chi connectivity index (χ1v) is 6.17. The van der Waals surface area contributed by atoms with E-state index in [1.807, 2.05) is 0 Å². The van der Waals surface area contributed by atoms with Crippen LogP contribution in [0.1, 0.15) is 13.0 Å². The summed E-state index contributed by atoms with van der Waals surface area (Å²) in [6.07, 6.45) is 2.85. The lowest BCUT2D eigenvalue weighted by atomic mass is 10.3. The maximum Gasteiger partial charge on any atom is 0.244 e. The van der Waals surface area contributed by atoms with Crippen LogP contribution in [-0.2, 0) is 4.79 Å². The summed E-state index contributed by atoms with van der Waals surface area (Å²) in [5, 5.41) is 6.60. The molecule has 0 aliphatic carbocycles. The van der Waals surface area contributed by atoms with E-state index >= 15 is 0 Å². The fourth-order valence-electron chi connectivity index (χ4n) is 1.59. The molecule has 1 heterocycles. The van der Waals surface area contributed by atoms with Crippen LogP contribution in [0.4, 0.5) is 4.39 Å². The van der Waals surface area contributed by atoms with Gasteiger partial charge in [0.25, 0.3) is 0 Å². The number of carbonyl (C=O) groups is 1. The van der Waals surface area contributed by atoms with Crippen LogP contribution in [0, 0.1) is 5.82 Å². The summed E-state index contributed by atoms with van der Waals surface area (Å²) < 4.78 is 19.7. The Hall–Kier alpha value is -2.44. The van der Waals surface area contributed by atoms with Crippen molar-refractivity contribution in [2.45, 2.75) is 13.0 Å². The molecule has 1 N–H and O–H groups in total. The van der Waals surface area contributed by atoms with Crippen molar-refractivity contribution >= 4 is 5.91 Å². The van der Waals surface area contributed by atoms with E-state index in [4.69, 9.17) is 4.74 Å². The van der Waals surface area contributed by atoms with Gasteiger partial charge in [-0.1, -0.05) is 6.07 Å². The zero-order valence-corrected chi connectivity index (χ0v) is 11.0. The van der Waals surface area contributed by atoms with Gasteiger partial charge in [0, 0.05) is 6.07 Å². The summed E-state index contributed by atoms with van der Waals surface area (Å²) in [6, 6.07) is 5.42. The van der Waals surface area contributed by atoms with Crippen molar-refractivity contribution in [3.8, 4) is 5.75 Å². The number of nitrogens with one attached hydrogen (secondary N) is 1. The molecule has 0 saturated heterocycles. The molecule has 106 valence electrons. The Kier molecular flexibility index (Phi) is 4.65. The van der Waals surface area contributed by atoms with Gasteiger partial charge in [0.1, 0.15) is 36.9 Å². The molecule has 20 heavy (non-hydrogen) atoms. The number of aromatic nitrogens is 3. The van der Waals surface area contributed by atoms with Gasteiger partial charge in [0.15, 0.2) is 0 Å². The normalized spacial score (nSPS) is 11.9. The summed E-state index contributed by atoms with van der Waals surface area (Å²) in [5.74, 6) is -0.103. The van der Waals surface area contributed by atoms with Gasteiger partial charge in [-0.15, -0.1) is 0 Å². The molecule has 0 unspecified atom stereocenters. The summed E-state index contributed by atoms with van der Waals surface area (Å²) in [7, 11) is 0. The van der Waals surface area contributed by atoms with Gasteiger partial charge in [-0.25, -0.2) is 14.1 Å². The molecule has 7 heteroatoms. The third kappa shape index (κ3) is 3.78. The van der Waals surface area contributed by atoms with Crippen molar-refractivity contribution in [3.05, 3.63) is 42.7 Å². The Morgan fingerprint density at radius 2 is 2.40 bits per heavy atom. The summed E-state index contributed by atoms with van der Waals surface area (Å²) in [5.41, 5.74) is 0. The second-order valence-corrected chi connectivity index (χ2v) is 4.15. The van der Waals surface area contributed by atoms with Crippen LogP contribution in [0.15, 0.2) is 36.9 Å². The second-order valence-electron chi connectivity index (χ2n) is 4.15. The Morgan fingerprint density at radius 1 is 1.55 bits per heavy atom. The number of benzene rings is 1. The SMILES string of the molecule is C[C@H](C(=O)NCCOc1cccc(F)c1)n1cncn1. The van der Waals surface area contributed by atoms with Crippen LogP contribution in [-0.4, -0.2) is 33.8 Å². The topological polar surface area (TPSA) is 69.0 Å². The average Bonchev–Trinajstić information content (AvgIpc) is 2.96. The van der Waals surface area contributed by atoms with Crippen LogP contribution in [0.5, 0.6) is 5.75 Å². The number of halogens is 1. The minimum atomic E-state index is -0.438. The molecule has 0 fully saturated rings. The maximum atomic E-state index is 12.9. The third-order valence-corrected chi connectivity index (χ3v) is 2.68. The van der Waals surface area contributed by atoms with Gasteiger partial charge in [-0.3, -0.25) is 4.79 Å². The number of nitrogens with zero attached hydrogens (tertiary/aromatic N) is 3. The van der Waals surface area contributed by atoms with Crippen molar-refractivity contribution in [2.24, 2.45) is 0 Å². The molecule has 0 aliphatic heterocycles. The second kappa shape index (κ2) is 6.65. The van der Waals surface area contributed by atoms with E-state index in [1.165, 1.54) is 29.5 Å². The van der Waals surface area contributed by atoms with E-state index in [9.17, 15) is 9.18 Å². The molecule has 0 radical (unpaired) electrons. The fraction of sp³-hybridized carbons (Fsp3) is 0.308. The predicted molar refractivity (Wildman–Crippen MR) is 69.6 cm³/mol. The first-order chi connectivity index (χ1) is 9.66. The maximum absolute atomic E-state index is 12.9. The molecule has 0 bridgehead atoms. The Balaban J connectivity index is 1.72. The van der Waals surface area contributed by atoms with Gasteiger partial charge in [-0.2, -0.15) is 5.10 Å². The third-order valence-electron chi connectivity index (χ3n) is 2.68. The van der Waals surface area contributed by atoms with Crippen LogP contribution in [0.2, 0.25) is 0 Å². The standard InChI is InChI=1S/C13H15FN4O2/c1-10(18-9-15-8-17-18)13(19)16-5-6-20-12-4-2-3-11(14)7-12/h2-4,7-10H,5-6H2,1H3,(H,16,19)/t10-/m1/s1. The zero-order chi connectivity index (χ0) is 14.4. The lowest BCUT2D eigenvalue weighted by molar-refractivity contribution is -0.124. The lowest BCUT2D eigenvalue weighted by Crippen LogP contribution is -2.34. The molecule has 1 aromatic carbocycles. The summed E-state index contributed by atoms with van der Waals surface area (Å²) in [4.78, 5) is 15.6. The first kappa shape index (κ1) is 14.0. The highest BCUT2D eigenvalue weighted by Gasteiger charge is 2.14. The van der Waals surface area contributed by atoms with Crippen molar-refractivity contribution in [3.63, 3.8) is 0 Å². The summed E-state index contributed by atoms with van der Waals surface area (Å²) >= 11 is 0. The zero-order valence-electron chi connectivity index (χ0n) is 11.0. The lowest BCUT2D eigenvalue weighted by Gasteiger charge is -2.12. The first-order valence-electron chi connectivity index (χ1n) is 6.17. The highest BCUT2D eigenvalue weighted by atomic mass is 19.1. The molecule has 1 amide bonds. The van der Waals surface area contributed by atoms with Gasteiger partial charge in [-0.05, 0) is 19.1 Å². The quantitative estimate of drug-likeness (QED) is 0.805. The van der Waals surface area contributed by atoms with Gasteiger partial charge >= 0.3 is 0 Å². The molecule has 0 spiro atoms. The monoisotopic (exact) mass is 278 g/mol. The number of ether oxygens (including phenoxy) is 1. The van der Waals surface area contributed by atoms with E-state index in [2.05, 4.69) is 15.4 Å². The van der Waals surface area contributed by atoms with Crippen LogP contribution < -0.4 is 10.1 Å². The minimum Gasteiger partial charge on any atom is -0.492 e. The highest BCUT2D eigenvalue weighted by molar-refractivity contribution is 5.79. The minimum absolute atomic E-state index is 0.182. The molecule has 6 nitrogen and oxygen atoms in total. The number of hydrogen-bond acceptors (Lipinski definition) is 4. The summed E-state index contributed by atoms with van der Waals surface area (Å²) in [6.45, 7) is 2.31. The van der Waals surface area contributed by atoms with Gasteiger partial charge < -0.3 is 10.1 Å². The molecule has 1 atom stereocenters. The number of carbonyl (C=O) groups excluding carboxylic acids is 1. The van der Waals surface area contributed by atoms with E-state index < -0.39 is 6.04 Å². The van der Waals surface area contributed by atoms with E-state index in [0.717, 1.165) is 0 Å². The van der Waals surface area contributed by atoms with Crippen LogP contribution in [0.3, 0.4) is 0 Å². The van der Waals surface area contributed by atoms with Crippen molar-refractivity contribution in [2.75, 3.05) is 13.2 Å². The molecule has 0 saturated carbocycles. The Labute approximate surface area is 115 Å². The Morgan fingerprint density at radius 3 is 3.10 bits per heavy atom. The molecule has 2 rings (SSSR count). The van der Waals surface area contributed by atoms with Gasteiger partial charge in [0.05, 0.1) is 6.54 Å². The van der Waals surface area contributed by atoms with E-state index in [-0.39, 0.29) is 18.3 Å². The van der Waals surface area contributed by atoms with Gasteiger partial charge in [0.2, 0.25) is 5.91 Å². The fourth-order valence-corrected chi connectivity index (χ4v) is 1.59.